The third-order valence-corrected chi connectivity index (χ3v) is 4.25. The number of furan rings is 1. The SMILES string of the molecule is CSC1CCC(NCc2ccc(CO)o2)C1. The van der Waals surface area contributed by atoms with Crippen LogP contribution in [0.25, 0.3) is 0 Å². The Balaban J connectivity index is 1.75. The Morgan fingerprint density at radius 1 is 1.44 bits per heavy atom. The summed E-state index contributed by atoms with van der Waals surface area (Å²) >= 11 is 1.97. The molecule has 1 aromatic heterocycles. The van der Waals surface area contributed by atoms with Crippen molar-refractivity contribution in [2.75, 3.05) is 6.26 Å². The lowest BCUT2D eigenvalue weighted by Crippen LogP contribution is -2.25. The van der Waals surface area contributed by atoms with Gasteiger partial charge >= 0.3 is 0 Å². The maximum atomic E-state index is 8.88. The molecule has 0 bridgehead atoms. The Bertz CT molecular complexity index is 327. The highest BCUT2D eigenvalue weighted by atomic mass is 32.2. The summed E-state index contributed by atoms with van der Waals surface area (Å²) in [6.45, 7) is 0.754. The molecule has 0 amide bonds. The Morgan fingerprint density at radius 2 is 2.25 bits per heavy atom. The number of hydrogen-bond donors (Lipinski definition) is 2. The molecule has 0 aromatic carbocycles. The molecular weight excluding hydrogens is 222 g/mol. The summed E-state index contributed by atoms with van der Waals surface area (Å²) in [7, 11) is 0. The van der Waals surface area contributed by atoms with Crippen molar-refractivity contribution in [1.29, 1.82) is 0 Å². The van der Waals surface area contributed by atoms with Crippen LogP contribution in [0, 0.1) is 0 Å². The van der Waals surface area contributed by atoms with Crippen LogP contribution in [0.15, 0.2) is 16.5 Å². The van der Waals surface area contributed by atoms with Gasteiger partial charge < -0.3 is 14.8 Å². The minimum absolute atomic E-state index is 0.0159. The second-order valence-corrected chi connectivity index (χ2v) is 5.41. The Labute approximate surface area is 101 Å². The van der Waals surface area contributed by atoms with Crippen molar-refractivity contribution in [2.24, 2.45) is 0 Å². The van der Waals surface area contributed by atoms with Gasteiger partial charge in [0.05, 0.1) is 6.54 Å². The third kappa shape index (κ3) is 3.03. The van der Waals surface area contributed by atoms with E-state index in [2.05, 4.69) is 11.6 Å². The van der Waals surface area contributed by atoms with E-state index in [1.54, 1.807) is 0 Å². The Kier molecular flexibility index (Phi) is 4.32. The zero-order valence-electron chi connectivity index (χ0n) is 9.61. The predicted molar refractivity (Wildman–Crippen MR) is 66.4 cm³/mol. The standard InChI is InChI=1S/C12H19NO2S/c1-16-12-5-2-9(6-12)13-7-10-3-4-11(8-14)15-10/h3-4,9,12-14H,2,5-8H2,1H3. The van der Waals surface area contributed by atoms with E-state index in [9.17, 15) is 0 Å². The van der Waals surface area contributed by atoms with E-state index in [0.717, 1.165) is 17.6 Å². The molecule has 1 heterocycles. The van der Waals surface area contributed by atoms with Crippen LogP contribution in [0.1, 0.15) is 30.8 Å². The summed E-state index contributed by atoms with van der Waals surface area (Å²) in [6.07, 6.45) is 6.03. The second-order valence-electron chi connectivity index (χ2n) is 4.27. The molecule has 2 unspecified atom stereocenters. The highest BCUT2D eigenvalue weighted by molar-refractivity contribution is 7.99. The smallest absolute Gasteiger partial charge is 0.129 e. The first kappa shape index (κ1) is 12.0. The van der Waals surface area contributed by atoms with E-state index in [1.165, 1.54) is 19.3 Å². The number of thioether (sulfide) groups is 1. The van der Waals surface area contributed by atoms with Crippen molar-refractivity contribution in [3.63, 3.8) is 0 Å². The summed E-state index contributed by atoms with van der Waals surface area (Å²) in [5.41, 5.74) is 0. The zero-order chi connectivity index (χ0) is 11.4. The highest BCUT2D eigenvalue weighted by Gasteiger charge is 2.23. The highest BCUT2D eigenvalue weighted by Crippen LogP contribution is 2.28. The summed E-state index contributed by atoms with van der Waals surface area (Å²) in [4.78, 5) is 0. The van der Waals surface area contributed by atoms with Crippen LogP contribution in [-0.2, 0) is 13.2 Å². The van der Waals surface area contributed by atoms with Crippen molar-refractivity contribution in [3.05, 3.63) is 23.7 Å². The lowest BCUT2D eigenvalue weighted by atomic mass is 10.2. The van der Waals surface area contributed by atoms with Gasteiger partial charge in [0.2, 0.25) is 0 Å². The molecule has 2 atom stereocenters. The fourth-order valence-corrected chi connectivity index (χ4v) is 2.98. The monoisotopic (exact) mass is 241 g/mol. The van der Waals surface area contributed by atoms with E-state index in [0.29, 0.717) is 11.8 Å². The van der Waals surface area contributed by atoms with Crippen molar-refractivity contribution in [2.45, 2.75) is 43.7 Å². The quantitative estimate of drug-likeness (QED) is 0.829. The van der Waals surface area contributed by atoms with Gasteiger partial charge in [0, 0.05) is 11.3 Å². The molecule has 0 radical (unpaired) electrons. The van der Waals surface area contributed by atoms with E-state index < -0.39 is 0 Å². The lowest BCUT2D eigenvalue weighted by molar-refractivity contribution is 0.242. The molecule has 16 heavy (non-hydrogen) atoms. The number of nitrogens with one attached hydrogen (secondary N) is 1. The van der Waals surface area contributed by atoms with E-state index >= 15 is 0 Å². The number of rotatable bonds is 5. The third-order valence-electron chi connectivity index (χ3n) is 3.16. The van der Waals surface area contributed by atoms with Crippen LogP contribution >= 0.6 is 11.8 Å². The Hall–Kier alpha value is -0.450. The van der Waals surface area contributed by atoms with Gasteiger partial charge in [-0.15, -0.1) is 0 Å². The minimum atomic E-state index is -0.0159. The first-order chi connectivity index (χ1) is 7.81. The largest absolute Gasteiger partial charge is 0.462 e. The molecule has 1 aliphatic rings. The summed E-state index contributed by atoms with van der Waals surface area (Å²) in [5.74, 6) is 1.56. The molecule has 0 spiro atoms. The average molecular weight is 241 g/mol. The van der Waals surface area contributed by atoms with Crippen LogP contribution in [0.2, 0.25) is 0 Å². The predicted octanol–water partition coefficient (Wildman–Crippen LogP) is 2.15. The van der Waals surface area contributed by atoms with Gasteiger partial charge in [-0.3, -0.25) is 0 Å². The van der Waals surface area contributed by atoms with Crippen molar-refractivity contribution >= 4 is 11.8 Å². The molecule has 0 aliphatic heterocycles. The number of aliphatic hydroxyl groups excluding tert-OH is 1. The normalized spacial score (nSPS) is 25.1. The van der Waals surface area contributed by atoms with Gasteiger partial charge in [-0.2, -0.15) is 11.8 Å². The van der Waals surface area contributed by atoms with E-state index in [1.807, 2.05) is 23.9 Å². The molecule has 2 N–H and O–H groups in total. The zero-order valence-corrected chi connectivity index (χ0v) is 10.4. The van der Waals surface area contributed by atoms with E-state index in [-0.39, 0.29) is 6.61 Å². The second kappa shape index (κ2) is 5.75. The molecule has 1 aromatic rings. The van der Waals surface area contributed by atoms with Crippen molar-refractivity contribution in [3.8, 4) is 0 Å². The summed E-state index contributed by atoms with van der Waals surface area (Å²) < 4.78 is 5.43. The molecular formula is C12H19NO2S. The number of hydrogen-bond acceptors (Lipinski definition) is 4. The Morgan fingerprint density at radius 3 is 2.88 bits per heavy atom. The fourth-order valence-electron chi connectivity index (χ4n) is 2.19. The molecule has 0 saturated heterocycles. The van der Waals surface area contributed by atoms with Gasteiger partial charge in [0.25, 0.3) is 0 Å². The van der Waals surface area contributed by atoms with Crippen LogP contribution < -0.4 is 5.32 Å². The molecule has 90 valence electrons. The lowest BCUT2D eigenvalue weighted by Gasteiger charge is -2.11. The van der Waals surface area contributed by atoms with Crippen LogP contribution in [-0.4, -0.2) is 22.7 Å². The molecule has 4 heteroatoms. The first-order valence-corrected chi connectivity index (χ1v) is 7.05. The van der Waals surface area contributed by atoms with Crippen LogP contribution in [0.3, 0.4) is 0 Å². The molecule has 3 nitrogen and oxygen atoms in total. The fraction of sp³-hybridized carbons (Fsp3) is 0.667. The van der Waals surface area contributed by atoms with Gasteiger partial charge in [-0.25, -0.2) is 0 Å². The summed E-state index contributed by atoms with van der Waals surface area (Å²) in [6, 6.07) is 4.38. The van der Waals surface area contributed by atoms with Gasteiger partial charge in [-0.05, 0) is 37.7 Å². The molecule has 1 fully saturated rings. The maximum Gasteiger partial charge on any atom is 0.129 e. The molecule has 2 rings (SSSR count). The van der Waals surface area contributed by atoms with Gasteiger partial charge in [0.1, 0.15) is 18.1 Å². The first-order valence-electron chi connectivity index (χ1n) is 5.76. The minimum Gasteiger partial charge on any atom is -0.462 e. The van der Waals surface area contributed by atoms with E-state index in [4.69, 9.17) is 9.52 Å². The summed E-state index contributed by atoms with van der Waals surface area (Å²) in [5, 5.41) is 13.2. The molecule has 1 aliphatic carbocycles. The van der Waals surface area contributed by atoms with Crippen LogP contribution in [0.5, 0.6) is 0 Å². The van der Waals surface area contributed by atoms with Gasteiger partial charge in [0.15, 0.2) is 0 Å². The molecule has 1 saturated carbocycles. The van der Waals surface area contributed by atoms with Crippen molar-refractivity contribution < 1.29 is 9.52 Å². The van der Waals surface area contributed by atoms with Crippen molar-refractivity contribution in [1.82, 2.24) is 5.32 Å². The topological polar surface area (TPSA) is 45.4 Å². The van der Waals surface area contributed by atoms with Crippen LogP contribution in [0.4, 0.5) is 0 Å². The van der Waals surface area contributed by atoms with Gasteiger partial charge in [-0.1, -0.05) is 0 Å². The number of aliphatic hydroxyl groups is 1. The maximum absolute atomic E-state index is 8.88. The average Bonchev–Trinajstić information content (AvgIpc) is 2.95.